The molecule has 0 bridgehead atoms. The summed E-state index contributed by atoms with van der Waals surface area (Å²) in [6, 6.07) is 4.58. The molecule has 2 rings (SSSR count). The fourth-order valence-electron chi connectivity index (χ4n) is 2.08. The molecular formula is C14H19N3O3. The van der Waals surface area contributed by atoms with Crippen LogP contribution in [0.1, 0.15) is 11.3 Å². The number of nitrogens with one attached hydrogen (secondary N) is 2. The van der Waals surface area contributed by atoms with Crippen molar-refractivity contribution in [3.8, 4) is 11.5 Å². The second kappa shape index (κ2) is 6.93. The van der Waals surface area contributed by atoms with Gasteiger partial charge in [-0.3, -0.25) is 0 Å². The third-order valence-electron chi connectivity index (χ3n) is 3.17. The predicted octanol–water partition coefficient (Wildman–Crippen LogP) is 0.557. The molecule has 0 unspecified atom stereocenters. The first kappa shape index (κ1) is 14.4. The topological polar surface area (TPSA) is 101 Å². The Kier molecular flexibility index (Phi) is 4.97. The van der Waals surface area contributed by atoms with E-state index in [-0.39, 0.29) is 24.1 Å². The molecule has 0 saturated carbocycles. The van der Waals surface area contributed by atoms with E-state index in [0.29, 0.717) is 24.9 Å². The molecule has 2 aromatic rings. The summed E-state index contributed by atoms with van der Waals surface area (Å²) in [6.07, 6.45) is 4.49. The average Bonchev–Trinajstić information content (AvgIpc) is 2.93. The summed E-state index contributed by atoms with van der Waals surface area (Å²) < 4.78 is 0. The molecular weight excluding hydrogens is 258 g/mol. The second-order valence-electron chi connectivity index (χ2n) is 4.62. The number of hydrogen-bond donors (Lipinski definition) is 5. The van der Waals surface area contributed by atoms with Crippen molar-refractivity contribution in [2.24, 2.45) is 0 Å². The summed E-state index contributed by atoms with van der Waals surface area (Å²) in [5.74, 6) is 0.166. The number of rotatable bonds is 7. The Hall–Kier alpha value is -2.05. The highest BCUT2D eigenvalue weighted by Gasteiger charge is 2.11. The van der Waals surface area contributed by atoms with Gasteiger partial charge >= 0.3 is 0 Å². The number of imidazole rings is 1. The number of aliphatic hydroxyl groups is 1. The molecule has 0 radical (unpaired) electrons. The van der Waals surface area contributed by atoms with Gasteiger partial charge in [-0.1, -0.05) is 6.07 Å². The minimum absolute atomic E-state index is 0.000383. The Labute approximate surface area is 117 Å². The Morgan fingerprint density at radius 3 is 2.60 bits per heavy atom. The van der Waals surface area contributed by atoms with Crippen LogP contribution < -0.4 is 5.32 Å². The van der Waals surface area contributed by atoms with Gasteiger partial charge in [-0.05, 0) is 25.1 Å². The minimum Gasteiger partial charge on any atom is -0.508 e. The highest BCUT2D eigenvalue weighted by Crippen LogP contribution is 2.26. The number of aromatic amines is 1. The fraction of sp³-hybridized carbons (Fsp3) is 0.357. The molecule has 1 aromatic heterocycles. The van der Waals surface area contributed by atoms with Gasteiger partial charge < -0.3 is 25.6 Å². The SMILES string of the molecule is OC[C@H](Cc1c[nH]cn1)NCCc1c(O)cccc1O. The van der Waals surface area contributed by atoms with E-state index in [1.165, 1.54) is 0 Å². The normalized spacial score (nSPS) is 12.4. The third-order valence-corrected chi connectivity index (χ3v) is 3.17. The molecule has 0 spiro atoms. The van der Waals surface area contributed by atoms with E-state index in [1.54, 1.807) is 30.7 Å². The van der Waals surface area contributed by atoms with Crippen LogP contribution in [0.3, 0.4) is 0 Å². The molecule has 0 fully saturated rings. The number of aliphatic hydroxyl groups excluding tert-OH is 1. The summed E-state index contributed by atoms with van der Waals surface area (Å²) in [5, 5.41) is 31.9. The third kappa shape index (κ3) is 3.72. The van der Waals surface area contributed by atoms with Crippen molar-refractivity contribution in [3.05, 3.63) is 42.0 Å². The molecule has 1 aromatic carbocycles. The van der Waals surface area contributed by atoms with Crippen molar-refractivity contribution >= 4 is 0 Å². The lowest BCUT2D eigenvalue weighted by molar-refractivity contribution is 0.241. The summed E-state index contributed by atoms with van der Waals surface area (Å²) >= 11 is 0. The molecule has 0 aliphatic carbocycles. The van der Waals surface area contributed by atoms with Gasteiger partial charge in [-0.15, -0.1) is 0 Å². The van der Waals surface area contributed by atoms with Gasteiger partial charge in [-0.25, -0.2) is 4.98 Å². The fourth-order valence-corrected chi connectivity index (χ4v) is 2.08. The molecule has 20 heavy (non-hydrogen) atoms. The van der Waals surface area contributed by atoms with Gasteiger partial charge in [0.05, 0.1) is 18.6 Å². The standard InChI is InChI=1S/C14H19N3O3/c18-8-11(6-10-7-15-9-17-10)16-5-4-12-13(19)2-1-3-14(12)20/h1-3,7,9,11,16,18-20H,4-6,8H2,(H,15,17)/t11-/m0/s1. The zero-order valence-corrected chi connectivity index (χ0v) is 11.1. The summed E-state index contributed by atoms with van der Waals surface area (Å²) in [7, 11) is 0. The number of benzene rings is 1. The second-order valence-corrected chi connectivity index (χ2v) is 4.62. The van der Waals surface area contributed by atoms with Crippen LogP contribution in [0.25, 0.3) is 0 Å². The lowest BCUT2D eigenvalue weighted by atomic mass is 10.1. The molecule has 1 atom stereocenters. The number of nitrogens with zero attached hydrogens (tertiary/aromatic N) is 1. The van der Waals surface area contributed by atoms with E-state index in [1.807, 2.05) is 0 Å². The predicted molar refractivity (Wildman–Crippen MR) is 74.6 cm³/mol. The zero-order valence-electron chi connectivity index (χ0n) is 11.1. The van der Waals surface area contributed by atoms with Crippen LogP contribution in [0.4, 0.5) is 0 Å². The van der Waals surface area contributed by atoms with Gasteiger partial charge in [-0.2, -0.15) is 0 Å². The minimum atomic E-state index is -0.105. The molecule has 6 heteroatoms. The summed E-state index contributed by atoms with van der Waals surface area (Å²) in [4.78, 5) is 6.98. The maximum absolute atomic E-state index is 9.67. The lowest BCUT2D eigenvalue weighted by Gasteiger charge is -2.15. The van der Waals surface area contributed by atoms with E-state index >= 15 is 0 Å². The molecule has 6 nitrogen and oxygen atoms in total. The molecule has 0 amide bonds. The number of aromatic nitrogens is 2. The Balaban J connectivity index is 1.85. The van der Waals surface area contributed by atoms with E-state index in [0.717, 1.165) is 5.69 Å². The van der Waals surface area contributed by atoms with Gasteiger partial charge in [0.1, 0.15) is 11.5 Å². The summed E-state index contributed by atoms with van der Waals surface area (Å²) in [6.45, 7) is 0.542. The highest BCUT2D eigenvalue weighted by molar-refractivity contribution is 5.43. The van der Waals surface area contributed by atoms with E-state index in [4.69, 9.17) is 0 Å². The first-order valence-electron chi connectivity index (χ1n) is 6.52. The first-order chi connectivity index (χ1) is 9.70. The van der Waals surface area contributed by atoms with Gasteiger partial charge in [0.2, 0.25) is 0 Å². The number of aromatic hydroxyl groups is 2. The summed E-state index contributed by atoms with van der Waals surface area (Å²) in [5.41, 5.74) is 1.39. The lowest BCUT2D eigenvalue weighted by Crippen LogP contribution is -2.36. The van der Waals surface area contributed by atoms with Crippen LogP contribution in [-0.2, 0) is 12.8 Å². The van der Waals surface area contributed by atoms with Crippen LogP contribution in [0.5, 0.6) is 11.5 Å². The largest absolute Gasteiger partial charge is 0.508 e. The van der Waals surface area contributed by atoms with Gasteiger partial charge in [0.15, 0.2) is 0 Å². The smallest absolute Gasteiger partial charge is 0.122 e. The molecule has 0 aliphatic rings. The molecule has 5 N–H and O–H groups in total. The van der Waals surface area contributed by atoms with Crippen molar-refractivity contribution in [1.82, 2.24) is 15.3 Å². The van der Waals surface area contributed by atoms with Crippen LogP contribution >= 0.6 is 0 Å². The Morgan fingerprint density at radius 1 is 1.25 bits per heavy atom. The quantitative estimate of drug-likeness (QED) is 0.509. The van der Waals surface area contributed by atoms with Crippen molar-refractivity contribution in [1.29, 1.82) is 0 Å². The average molecular weight is 277 g/mol. The van der Waals surface area contributed by atoms with Crippen molar-refractivity contribution in [2.45, 2.75) is 18.9 Å². The van der Waals surface area contributed by atoms with Crippen LogP contribution in [0.2, 0.25) is 0 Å². The number of phenols is 2. The Bertz CT molecular complexity index is 508. The zero-order chi connectivity index (χ0) is 14.4. The van der Waals surface area contributed by atoms with Gasteiger partial charge in [0, 0.05) is 24.2 Å². The van der Waals surface area contributed by atoms with Crippen molar-refractivity contribution < 1.29 is 15.3 Å². The number of phenolic OH excluding ortho intramolecular Hbond substituents is 2. The number of H-pyrrole nitrogens is 1. The molecule has 0 saturated heterocycles. The van der Waals surface area contributed by atoms with Crippen molar-refractivity contribution in [3.63, 3.8) is 0 Å². The molecule has 108 valence electrons. The van der Waals surface area contributed by atoms with E-state index in [2.05, 4.69) is 15.3 Å². The van der Waals surface area contributed by atoms with Crippen LogP contribution in [0.15, 0.2) is 30.7 Å². The first-order valence-corrected chi connectivity index (χ1v) is 6.52. The number of hydrogen-bond acceptors (Lipinski definition) is 5. The van der Waals surface area contributed by atoms with E-state index in [9.17, 15) is 15.3 Å². The monoisotopic (exact) mass is 277 g/mol. The highest BCUT2D eigenvalue weighted by atomic mass is 16.3. The molecule has 1 heterocycles. The maximum atomic E-state index is 9.67. The van der Waals surface area contributed by atoms with Crippen molar-refractivity contribution in [2.75, 3.05) is 13.2 Å². The Morgan fingerprint density at radius 2 is 2.00 bits per heavy atom. The van der Waals surface area contributed by atoms with Crippen LogP contribution in [0, 0.1) is 0 Å². The molecule has 0 aliphatic heterocycles. The maximum Gasteiger partial charge on any atom is 0.122 e. The van der Waals surface area contributed by atoms with Crippen LogP contribution in [-0.4, -0.2) is 44.5 Å². The van der Waals surface area contributed by atoms with E-state index < -0.39 is 0 Å². The van der Waals surface area contributed by atoms with Gasteiger partial charge in [0.25, 0.3) is 0 Å².